The van der Waals surface area contributed by atoms with Crippen LogP contribution < -0.4 is 5.32 Å². The van der Waals surface area contributed by atoms with Gasteiger partial charge in [0.15, 0.2) is 5.69 Å². The van der Waals surface area contributed by atoms with Crippen LogP contribution in [-0.4, -0.2) is 46.8 Å². The molecule has 0 bridgehead atoms. The van der Waals surface area contributed by atoms with E-state index < -0.39 is 0 Å². The number of carbonyl (C=O) groups is 1. The topological polar surface area (TPSA) is 50.2 Å². The average molecular weight is 375 g/mol. The van der Waals surface area contributed by atoms with Crippen molar-refractivity contribution in [3.63, 3.8) is 0 Å². The van der Waals surface area contributed by atoms with Gasteiger partial charge in [-0.3, -0.25) is 4.79 Å². The zero-order valence-electron chi connectivity index (χ0n) is 15.5. The molecular weight excluding hydrogens is 348 g/mol. The predicted octanol–water partition coefficient (Wildman–Crippen LogP) is 2.92. The molecule has 26 heavy (non-hydrogen) atoms. The number of fused-ring (bicyclic) bond motifs is 1. The van der Waals surface area contributed by atoms with Crippen LogP contribution in [0.2, 0.25) is 0 Å². The van der Waals surface area contributed by atoms with Crippen molar-refractivity contribution in [2.75, 3.05) is 20.1 Å². The zero-order chi connectivity index (χ0) is 17.4. The summed E-state index contributed by atoms with van der Waals surface area (Å²) in [6, 6.07) is 8.91. The fourth-order valence-electron chi connectivity index (χ4n) is 4.03. The van der Waals surface area contributed by atoms with Crippen LogP contribution in [0.5, 0.6) is 0 Å². The maximum Gasteiger partial charge on any atom is 0.274 e. The van der Waals surface area contributed by atoms with Crippen molar-refractivity contribution in [2.24, 2.45) is 0 Å². The first kappa shape index (κ1) is 18.9. The molecule has 6 heteroatoms. The number of hydrogen-bond donors (Lipinski definition) is 1. The van der Waals surface area contributed by atoms with E-state index in [1.54, 1.807) is 0 Å². The second kappa shape index (κ2) is 7.80. The Morgan fingerprint density at radius 1 is 1.15 bits per heavy atom. The highest BCUT2D eigenvalue weighted by Crippen LogP contribution is 2.29. The van der Waals surface area contributed by atoms with Gasteiger partial charge in [-0.05, 0) is 58.2 Å². The Bertz CT molecular complexity index is 776. The van der Waals surface area contributed by atoms with Crippen LogP contribution >= 0.6 is 12.4 Å². The number of hydrogen-bond acceptors (Lipinski definition) is 3. The predicted molar refractivity (Wildman–Crippen MR) is 106 cm³/mol. The first-order valence-corrected chi connectivity index (χ1v) is 9.31. The number of amides is 1. The number of nitrogens with zero attached hydrogens (tertiary/aromatic N) is 3. The van der Waals surface area contributed by atoms with Crippen LogP contribution in [0.25, 0.3) is 5.69 Å². The van der Waals surface area contributed by atoms with E-state index in [1.165, 1.54) is 16.8 Å². The molecule has 2 heterocycles. The maximum absolute atomic E-state index is 13.1. The third-order valence-electron chi connectivity index (χ3n) is 5.60. The average Bonchev–Trinajstić information content (AvgIpc) is 3.25. The van der Waals surface area contributed by atoms with E-state index >= 15 is 0 Å². The van der Waals surface area contributed by atoms with Crippen LogP contribution in [0.1, 0.15) is 46.6 Å². The molecule has 1 amide bonds. The van der Waals surface area contributed by atoms with Crippen LogP contribution in [0.15, 0.2) is 24.3 Å². The number of halogens is 1. The van der Waals surface area contributed by atoms with Gasteiger partial charge in [0, 0.05) is 30.4 Å². The first-order valence-electron chi connectivity index (χ1n) is 9.31. The summed E-state index contributed by atoms with van der Waals surface area (Å²) < 4.78 is 2.00. The number of rotatable bonds is 3. The largest absolute Gasteiger partial charge is 0.337 e. The van der Waals surface area contributed by atoms with E-state index in [0.29, 0.717) is 11.7 Å². The summed E-state index contributed by atoms with van der Waals surface area (Å²) in [5, 5.41) is 8.07. The minimum Gasteiger partial charge on any atom is -0.337 e. The fourth-order valence-corrected chi connectivity index (χ4v) is 4.03. The molecule has 1 aliphatic carbocycles. The Morgan fingerprint density at radius 2 is 1.85 bits per heavy atom. The molecular formula is C20H27ClN4O. The van der Waals surface area contributed by atoms with Crippen LogP contribution in [-0.2, 0) is 12.8 Å². The molecule has 2 aliphatic rings. The van der Waals surface area contributed by atoms with E-state index in [1.807, 2.05) is 16.6 Å². The summed E-state index contributed by atoms with van der Waals surface area (Å²) in [5.74, 6) is 0.110. The second-order valence-corrected chi connectivity index (χ2v) is 7.23. The summed E-state index contributed by atoms with van der Waals surface area (Å²) in [6.07, 6.45) is 5.12. The van der Waals surface area contributed by atoms with Gasteiger partial charge in [-0.1, -0.05) is 17.7 Å². The van der Waals surface area contributed by atoms with Gasteiger partial charge in [-0.25, -0.2) is 4.68 Å². The van der Waals surface area contributed by atoms with E-state index in [9.17, 15) is 4.79 Å². The third-order valence-corrected chi connectivity index (χ3v) is 5.60. The van der Waals surface area contributed by atoms with Crippen molar-refractivity contribution < 1.29 is 4.79 Å². The zero-order valence-corrected chi connectivity index (χ0v) is 16.3. The van der Waals surface area contributed by atoms with Gasteiger partial charge in [0.25, 0.3) is 5.91 Å². The molecule has 4 rings (SSSR count). The molecule has 1 aromatic carbocycles. The minimum atomic E-state index is 0. The van der Waals surface area contributed by atoms with Crippen molar-refractivity contribution in [2.45, 2.75) is 45.1 Å². The molecule has 1 aromatic heterocycles. The van der Waals surface area contributed by atoms with Crippen molar-refractivity contribution in [3.05, 3.63) is 46.8 Å². The summed E-state index contributed by atoms with van der Waals surface area (Å²) in [5.41, 5.74) is 5.35. The fraction of sp³-hybridized carbons (Fsp3) is 0.500. The highest BCUT2D eigenvalue weighted by atomic mass is 35.5. The summed E-state index contributed by atoms with van der Waals surface area (Å²) in [6.45, 7) is 3.72. The first-order chi connectivity index (χ1) is 12.2. The quantitative estimate of drug-likeness (QED) is 0.898. The normalized spacial score (nSPS) is 17.1. The van der Waals surface area contributed by atoms with Gasteiger partial charge in [-0.2, -0.15) is 5.10 Å². The molecule has 1 fully saturated rings. The molecule has 1 saturated heterocycles. The molecule has 2 aromatic rings. The smallest absolute Gasteiger partial charge is 0.274 e. The SMILES string of the molecule is CNC1CCN(C(=O)c2nn(-c3ccc(C)cc3)c3c2CCC3)CC1.Cl. The van der Waals surface area contributed by atoms with Crippen molar-refractivity contribution >= 4 is 18.3 Å². The van der Waals surface area contributed by atoms with E-state index in [-0.39, 0.29) is 18.3 Å². The minimum absolute atomic E-state index is 0. The van der Waals surface area contributed by atoms with Gasteiger partial charge in [0.05, 0.1) is 5.69 Å². The lowest BCUT2D eigenvalue weighted by atomic mass is 10.0. The molecule has 5 nitrogen and oxygen atoms in total. The molecule has 0 spiro atoms. The lowest BCUT2D eigenvalue weighted by Gasteiger charge is -2.31. The number of carbonyl (C=O) groups excluding carboxylic acids is 1. The van der Waals surface area contributed by atoms with E-state index in [0.717, 1.165) is 50.9 Å². The number of nitrogens with one attached hydrogen (secondary N) is 1. The van der Waals surface area contributed by atoms with Gasteiger partial charge >= 0.3 is 0 Å². The summed E-state index contributed by atoms with van der Waals surface area (Å²) in [4.78, 5) is 15.1. The summed E-state index contributed by atoms with van der Waals surface area (Å²) in [7, 11) is 2.00. The molecule has 1 aliphatic heterocycles. The highest BCUT2D eigenvalue weighted by molar-refractivity contribution is 5.94. The maximum atomic E-state index is 13.1. The number of likely N-dealkylation sites (tertiary alicyclic amines) is 1. The standard InChI is InChI=1S/C20H26N4O.ClH/c1-14-6-8-16(9-7-14)24-18-5-3-4-17(18)19(22-24)20(25)23-12-10-15(21-2)11-13-23;/h6-9,15,21H,3-5,10-13H2,1-2H3;1H. The Labute approximate surface area is 161 Å². The highest BCUT2D eigenvalue weighted by Gasteiger charge is 2.31. The van der Waals surface area contributed by atoms with E-state index in [4.69, 9.17) is 5.10 Å². The molecule has 0 unspecified atom stereocenters. The Balaban J connectivity index is 0.00000196. The second-order valence-electron chi connectivity index (χ2n) is 7.23. The molecule has 140 valence electrons. The van der Waals surface area contributed by atoms with E-state index in [2.05, 4.69) is 36.5 Å². The van der Waals surface area contributed by atoms with Crippen molar-refractivity contribution in [1.82, 2.24) is 20.0 Å². The lowest BCUT2D eigenvalue weighted by molar-refractivity contribution is 0.0700. The van der Waals surface area contributed by atoms with Crippen LogP contribution in [0.3, 0.4) is 0 Å². The molecule has 0 saturated carbocycles. The summed E-state index contributed by atoms with van der Waals surface area (Å²) >= 11 is 0. The number of aromatic nitrogens is 2. The van der Waals surface area contributed by atoms with Gasteiger partial charge in [0.2, 0.25) is 0 Å². The van der Waals surface area contributed by atoms with Gasteiger partial charge < -0.3 is 10.2 Å². The number of benzene rings is 1. The molecule has 1 N–H and O–H groups in total. The Kier molecular flexibility index (Phi) is 5.68. The van der Waals surface area contributed by atoms with Crippen molar-refractivity contribution in [3.8, 4) is 5.69 Å². The van der Waals surface area contributed by atoms with Gasteiger partial charge in [-0.15, -0.1) is 12.4 Å². The van der Waals surface area contributed by atoms with Crippen molar-refractivity contribution in [1.29, 1.82) is 0 Å². The number of piperidine rings is 1. The lowest BCUT2D eigenvalue weighted by Crippen LogP contribution is -2.44. The van der Waals surface area contributed by atoms with Crippen LogP contribution in [0, 0.1) is 6.92 Å². The monoisotopic (exact) mass is 374 g/mol. The Morgan fingerprint density at radius 3 is 2.50 bits per heavy atom. The van der Waals surface area contributed by atoms with Crippen LogP contribution in [0.4, 0.5) is 0 Å². The Hall–Kier alpha value is -1.85. The number of aryl methyl sites for hydroxylation is 1. The molecule has 0 radical (unpaired) electrons. The molecule has 0 atom stereocenters. The van der Waals surface area contributed by atoms with Gasteiger partial charge in [0.1, 0.15) is 0 Å². The third kappa shape index (κ3) is 3.38.